The molecule has 3 rings (SSSR count). The normalized spacial score (nSPS) is 10.6. The molecule has 1 aromatic heterocycles. The smallest absolute Gasteiger partial charge is 0.251 e. The molecule has 0 saturated carbocycles. The highest BCUT2D eigenvalue weighted by molar-refractivity contribution is 6.06. The van der Waals surface area contributed by atoms with E-state index in [0.717, 1.165) is 16.5 Å². The monoisotopic (exact) mass is 294 g/mol. The number of hydrogen-bond donors (Lipinski definition) is 1. The SMILES string of the molecule is O=C(NCCc1cccc(F)c1)c1cccc2ncccc12. The van der Waals surface area contributed by atoms with Crippen molar-refractivity contribution >= 4 is 16.8 Å². The van der Waals surface area contributed by atoms with Crippen molar-refractivity contribution in [2.75, 3.05) is 6.54 Å². The Morgan fingerprint density at radius 1 is 1.09 bits per heavy atom. The van der Waals surface area contributed by atoms with E-state index < -0.39 is 0 Å². The van der Waals surface area contributed by atoms with E-state index in [9.17, 15) is 9.18 Å². The van der Waals surface area contributed by atoms with Crippen molar-refractivity contribution in [1.82, 2.24) is 10.3 Å². The van der Waals surface area contributed by atoms with Crippen LogP contribution < -0.4 is 5.32 Å². The third-order valence-electron chi connectivity index (χ3n) is 3.48. The van der Waals surface area contributed by atoms with E-state index >= 15 is 0 Å². The molecule has 2 aromatic carbocycles. The second kappa shape index (κ2) is 6.35. The van der Waals surface area contributed by atoms with Crippen LogP contribution in [0.25, 0.3) is 10.9 Å². The standard InChI is InChI=1S/C18H15FN2O/c19-14-5-1-4-13(12-14)9-11-21-18(22)16-6-2-8-17-15(16)7-3-10-20-17/h1-8,10,12H,9,11H2,(H,21,22). The molecule has 0 unspecified atom stereocenters. The summed E-state index contributed by atoms with van der Waals surface area (Å²) in [6.45, 7) is 0.457. The van der Waals surface area contributed by atoms with Crippen molar-refractivity contribution in [3.05, 3.63) is 77.7 Å². The fraction of sp³-hybridized carbons (Fsp3) is 0.111. The zero-order chi connectivity index (χ0) is 15.4. The number of halogens is 1. The van der Waals surface area contributed by atoms with Crippen molar-refractivity contribution in [3.8, 4) is 0 Å². The fourth-order valence-corrected chi connectivity index (χ4v) is 2.41. The molecule has 0 atom stereocenters. The van der Waals surface area contributed by atoms with Crippen LogP contribution in [0.4, 0.5) is 4.39 Å². The van der Waals surface area contributed by atoms with E-state index in [4.69, 9.17) is 0 Å². The van der Waals surface area contributed by atoms with Crippen LogP contribution in [0.3, 0.4) is 0 Å². The lowest BCUT2D eigenvalue weighted by Crippen LogP contribution is -2.25. The third kappa shape index (κ3) is 3.11. The topological polar surface area (TPSA) is 42.0 Å². The summed E-state index contributed by atoms with van der Waals surface area (Å²) in [6, 6.07) is 15.6. The molecule has 22 heavy (non-hydrogen) atoms. The van der Waals surface area contributed by atoms with Crippen LogP contribution >= 0.6 is 0 Å². The van der Waals surface area contributed by atoms with Crippen molar-refractivity contribution in [2.45, 2.75) is 6.42 Å². The number of hydrogen-bond acceptors (Lipinski definition) is 2. The molecule has 0 fully saturated rings. The first-order valence-electron chi connectivity index (χ1n) is 7.10. The molecule has 0 aliphatic heterocycles. The van der Waals surface area contributed by atoms with Gasteiger partial charge in [0.2, 0.25) is 0 Å². The summed E-state index contributed by atoms with van der Waals surface area (Å²) >= 11 is 0. The van der Waals surface area contributed by atoms with E-state index in [1.807, 2.05) is 30.3 Å². The Balaban J connectivity index is 1.69. The number of pyridine rings is 1. The molecule has 0 bridgehead atoms. The van der Waals surface area contributed by atoms with E-state index in [2.05, 4.69) is 10.3 Å². The summed E-state index contributed by atoms with van der Waals surface area (Å²) < 4.78 is 13.1. The van der Waals surface area contributed by atoms with Crippen molar-refractivity contribution < 1.29 is 9.18 Å². The summed E-state index contributed by atoms with van der Waals surface area (Å²) in [5, 5.41) is 3.70. The van der Waals surface area contributed by atoms with Gasteiger partial charge >= 0.3 is 0 Å². The number of nitrogens with one attached hydrogen (secondary N) is 1. The second-order valence-electron chi connectivity index (χ2n) is 5.01. The fourth-order valence-electron chi connectivity index (χ4n) is 2.41. The van der Waals surface area contributed by atoms with Crippen LogP contribution in [0.1, 0.15) is 15.9 Å². The maximum Gasteiger partial charge on any atom is 0.251 e. The first kappa shape index (κ1) is 14.2. The van der Waals surface area contributed by atoms with Gasteiger partial charge in [-0.2, -0.15) is 0 Å². The van der Waals surface area contributed by atoms with Gasteiger partial charge in [-0.25, -0.2) is 4.39 Å². The number of nitrogens with zero attached hydrogens (tertiary/aromatic N) is 1. The molecule has 1 heterocycles. The van der Waals surface area contributed by atoms with Crippen LogP contribution in [-0.2, 0) is 6.42 Å². The van der Waals surface area contributed by atoms with E-state index in [0.29, 0.717) is 18.5 Å². The maximum atomic E-state index is 13.1. The first-order valence-corrected chi connectivity index (χ1v) is 7.10. The van der Waals surface area contributed by atoms with Gasteiger partial charge in [0.15, 0.2) is 0 Å². The Labute approximate surface area is 127 Å². The van der Waals surface area contributed by atoms with Crippen LogP contribution in [0.5, 0.6) is 0 Å². The molecule has 1 N–H and O–H groups in total. The molecule has 0 aliphatic carbocycles. The van der Waals surface area contributed by atoms with Crippen molar-refractivity contribution in [3.63, 3.8) is 0 Å². The van der Waals surface area contributed by atoms with Gasteiger partial charge in [0, 0.05) is 23.7 Å². The van der Waals surface area contributed by atoms with E-state index in [-0.39, 0.29) is 11.7 Å². The molecular formula is C18H15FN2O. The third-order valence-corrected chi connectivity index (χ3v) is 3.48. The van der Waals surface area contributed by atoms with Gasteiger partial charge in [-0.05, 0) is 42.3 Å². The lowest BCUT2D eigenvalue weighted by atomic mass is 10.1. The summed E-state index contributed by atoms with van der Waals surface area (Å²) in [7, 11) is 0. The van der Waals surface area contributed by atoms with Crippen LogP contribution in [0, 0.1) is 5.82 Å². The minimum atomic E-state index is -0.260. The number of carbonyl (C=O) groups excluding carboxylic acids is 1. The number of carbonyl (C=O) groups is 1. The predicted molar refractivity (Wildman–Crippen MR) is 84.2 cm³/mol. The van der Waals surface area contributed by atoms with Crippen molar-refractivity contribution in [1.29, 1.82) is 0 Å². The summed E-state index contributed by atoms with van der Waals surface area (Å²) in [5.41, 5.74) is 2.25. The number of amides is 1. The quantitative estimate of drug-likeness (QED) is 0.802. The molecule has 3 nitrogen and oxygen atoms in total. The van der Waals surface area contributed by atoms with E-state index in [1.165, 1.54) is 12.1 Å². The predicted octanol–water partition coefficient (Wildman–Crippen LogP) is 3.35. The Kier molecular flexibility index (Phi) is 4.10. The molecule has 0 spiro atoms. The average Bonchev–Trinajstić information content (AvgIpc) is 2.54. The maximum absolute atomic E-state index is 13.1. The summed E-state index contributed by atoms with van der Waals surface area (Å²) in [6.07, 6.45) is 2.29. The van der Waals surface area contributed by atoms with Gasteiger partial charge in [-0.1, -0.05) is 24.3 Å². The Morgan fingerprint density at radius 3 is 2.82 bits per heavy atom. The number of benzene rings is 2. The summed E-state index contributed by atoms with van der Waals surface area (Å²) in [4.78, 5) is 16.5. The highest BCUT2D eigenvalue weighted by Gasteiger charge is 2.09. The Bertz CT molecular complexity index is 812. The molecule has 110 valence electrons. The zero-order valence-corrected chi connectivity index (χ0v) is 11.9. The average molecular weight is 294 g/mol. The minimum absolute atomic E-state index is 0.144. The Hall–Kier alpha value is -2.75. The molecule has 0 saturated heterocycles. The lowest BCUT2D eigenvalue weighted by Gasteiger charge is -2.08. The van der Waals surface area contributed by atoms with Crippen molar-refractivity contribution in [2.24, 2.45) is 0 Å². The van der Waals surface area contributed by atoms with Gasteiger partial charge in [0.1, 0.15) is 5.82 Å². The van der Waals surface area contributed by atoms with Gasteiger partial charge in [-0.15, -0.1) is 0 Å². The van der Waals surface area contributed by atoms with Gasteiger partial charge in [0.25, 0.3) is 5.91 Å². The summed E-state index contributed by atoms with van der Waals surface area (Å²) in [5.74, 6) is -0.404. The highest BCUT2D eigenvalue weighted by Crippen LogP contribution is 2.16. The number of rotatable bonds is 4. The Morgan fingerprint density at radius 2 is 1.95 bits per heavy atom. The van der Waals surface area contributed by atoms with Crippen LogP contribution in [0.2, 0.25) is 0 Å². The second-order valence-corrected chi connectivity index (χ2v) is 5.01. The van der Waals surface area contributed by atoms with Crippen LogP contribution in [0.15, 0.2) is 60.8 Å². The first-order chi connectivity index (χ1) is 10.7. The highest BCUT2D eigenvalue weighted by atomic mass is 19.1. The molecule has 3 aromatic rings. The lowest BCUT2D eigenvalue weighted by molar-refractivity contribution is 0.0956. The van der Waals surface area contributed by atoms with Gasteiger partial charge in [-0.3, -0.25) is 9.78 Å². The van der Waals surface area contributed by atoms with Gasteiger partial charge < -0.3 is 5.32 Å². The van der Waals surface area contributed by atoms with E-state index in [1.54, 1.807) is 18.3 Å². The van der Waals surface area contributed by atoms with Gasteiger partial charge in [0.05, 0.1) is 5.52 Å². The van der Waals surface area contributed by atoms with Crippen LogP contribution in [-0.4, -0.2) is 17.4 Å². The number of fused-ring (bicyclic) bond motifs is 1. The molecule has 0 aliphatic rings. The number of aromatic nitrogens is 1. The minimum Gasteiger partial charge on any atom is -0.352 e. The molecular weight excluding hydrogens is 279 g/mol. The molecule has 0 radical (unpaired) electrons. The largest absolute Gasteiger partial charge is 0.352 e. The zero-order valence-electron chi connectivity index (χ0n) is 11.9. The molecule has 1 amide bonds. The molecule has 4 heteroatoms.